The second-order valence-corrected chi connectivity index (χ2v) is 4.77. The molecule has 2 N–H and O–H groups in total. The molecule has 1 saturated heterocycles. The molecule has 1 aliphatic rings. The monoisotopic (exact) mass is 272 g/mol. The Labute approximate surface area is 114 Å². The fourth-order valence-corrected chi connectivity index (χ4v) is 2.19. The molecule has 0 saturated carbocycles. The molecule has 110 valence electrons. The van der Waals surface area contributed by atoms with Gasteiger partial charge in [0.2, 0.25) is 0 Å². The molecule has 0 aromatic carbocycles. The van der Waals surface area contributed by atoms with E-state index in [0.29, 0.717) is 26.1 Å². The molecule has 1 unspecified atom stereocenters. The van der Waals surface area contributed by atoms with Crippen molar-refractivity contribution in [2.24, 2.45) is 5.92 Å². The number of amides is 2. The number of ether oxygens (including phenoxy) is 1. The van der Waals surface area contributed by atoms with Gasteiger partial charge in [0.25, 0.3) is 0 Å². The Morgan fingerprint density at radius 1 is 1.37 bits per heavy atom. The maximum atomic E-state index is 11.9. The fourth-order valence-electron chi connectivity index (χ4n) is 2.19. The van der Waals surface area contributed by atoms with Crippen LogP contribution >= 0.6 is 0 Å². The Kier molecular flexibility index (Phi) is 6.62. The number of nitrogens with one attached hydrogen (secondary N) is 1. The summed E-state index contributed by atoms with van der Waals surface area (Å²) in [6.07, 6.45) is 2.45. The number of nitrogens with zero attached hydrogens (tertiary/aromatic N) is 1. The molecule has 1 fully saturated rings. The average molecular weight is 272 g/mol. The third kappa shape index (κ3) is 5.06. The van der Waals surface area contributed by atoms with Crippen molar-refractivity contribution < 1.29 is 19.4 Å². The van der Waals surface area contributed by atoms with Crippen LogP contribution in [0.2, 0.25) is 0 Å². The molecule has 19 heavy (non-hydrogen) atoms. The van der Waals surface area contributed by atoms with Gasteiger partial charge in [-0.05, 0) is 26.2 Å². The second-order valence-electron chi connectivity index (χ2n) is 4.77. The zero-order valence-corrected chi connectivity index (χ0v) is 11.7. The summed E-state index contributed by atoms with van der Waals surface area (Å²) in [4.78, 5) is 24.5. The first-order valence-corrected chi connectivity index (χ1v) is 6.95. The predicted molar refractivity (Wildman–Crippen MR) is 71.0 cm³/mol. The van der Waals surface area contributed by atoms with E-state index in [1.54, 1.807) is 11.8 Å². The molecule has 1 rings (SSSR count). The normalized spacial score (nSPS) is 18.1. The molecule has 2 amide bonds. The zero-order chi connectivity index (χ0) is 14.3. The molecule has 1 heterocycles. The third-order valence-electron chi connectivity index (χ3n) is 3.47. The summed E-state index contributed by atoms with van der Waals surface area (Å²) >= 11 is 0. The van der Waals surface area contributed by atoms with Crippen LogP contribution in [0.5, 0.6) is 0 Å². The Bertz CT molecular complexity index is 301. The SMILES string of the molecule is CCOC1CCN(C(=O)NCC(CC)C(=O)O)CC1. The van der Waals surface area contributed by atoms with E-state index in [4.69, 9.17) is 9.84 Å². The van der Waals surface area contributed by atoms with Gasteiger partial charge in [0.15, 0.2) is 0 Å². The first-order valence-electron chi connectivity index (χ1n) is 6.95. The topological polar surface area (TPSA) is 78.9 Å². The zero-order valence-electron chi connectivity index (χ0n) is 11.7. The summed E-state index contributed by atoms with van der Waals surface area (Å²) in [7, 11) is 0. The maximum Gasteiger partial charge on any atom is 0.317 e. The molecule has 0 radical (unpaired) electrons. The highest BCUT2D eigenvalue weighted by atomic mass is 16.5. The van der Waals surface area contributed by atoms with Crippen LogP contribution in [0.1, 0.15) is 33.1 Å². The summed E-state index contributed by atoms with van der Waals surface area (Å²) in [6.45, 7) is 6.00. The molecule has 0 bridgehead atoms. The smallest absolute Gasteiger partial charge is 0.317 e. The lowest BCUT2D eigenvalue weighted by Crippen LogP contribution is -2.47. The Hall–Kier alpha value is -1.30. The molecule has 6 nitrogen and oxygen atoms in total. The number of rotatable bonds is 6. The predicted octanol–water partition coefficient (Wildman–Crippen LogP) is 1.31. The van der Waals surface area contributed by atoms with Gasteiger partial charge in [-0.25, -0.2) is 4.79 Å². The molecule has 6 heteroatoms. The summed E-state index contributed by atoms with van der Waals surface area (Å²) < 4.78 is 5.52. The molecule has 0 aliphatic carbocycles. The highest BCUT2D eigenvalue weighted by molar-refractivity contribution is 5.76. The number of carboxylic acids is 1. The molecular formula is C13H24N2O4. The number of hydrogen-bond acceptors (Lipinski definition) is 3. The molecule has 0 aromatic heterocycles. The van der Waals surface area contributed by atoms with Crippen LogP contribution in [0, 0.1) is 5.92 Å². The lowest BCUT2D eigenvalue weighted by Gasteiger charge is -2.32. The van der Waals surface area contributed by atoms with Crippen molar-refractivity contribution in [2.45, 2.75) is 39.2 Å². The Balaban J connectivity index is 2.29. The van der Waals surface area contributed by atoms with Gasteiger partial charge >= 0.3 is 12.0 Å². The first-order chi connectivity index (χ1) is 9.08. The summed E-state index contributed by atoms with van der Waals surface area (Å²) in [5.41, 5.74) is 0. The Morgan fingerprint density at radius 2 is 2.00 bits per heavy atom. The fraction of sp³-hybridized carbons (Fsp3) is 0.846. The Morgan fingerprint density at radius 3 is 2.47 bits per heavy atom. The van der Waals surface area contributed by atoms with Crippen LogP contribution in [0.3, 0.4) is 0 Å². The van der Waals surface area contributed by atoms with Gasteiger partial charge in [-0.3, -0.25) is 4.79 Å². The minimum absolute atomic E-state index is 0.172. The van der Waals surface area contributed by atoms with E-state index in [2.05, 4.69) is 5.32 Å². The van der Waals surface area contributed by atoms with E-state index in [1.807, 2.05) is 6.92 Å². The summed E-state index contributed by atoms with van der Waals surface area (Å²) in [6, 6.07) is -0.172. The maximum absolute atomic E-state index is 11.9. The highest BCUT2D eigenvalue weighted by Gasteiger charge is 2.24. The van der Waals surface area contributed by atoms with Crippen LogP contribution in [-0.2, 0) is 9.53 Å². The minimum Gasteiger partial charge on any atom is -0.481 e. The largest absolute Gasteiger partial charge is 0.481 e. The van der Waals surface area contributed by atoms with Crippen molar-refractivity contribution in [1.29, 1.82) is 0 Å². The van der Waals surface area contributed by atoms with Gasteiger partial charge in [0.05, 0.1) is 12.0 Å². The quantitative estimate of drug-likeness (QED) is 0.764. The van der Waals surface area contributed by atoms with Crippen LogP contribution in [0.15, 0.2) is 0 Å². The average Bonchev–Trinajstić information content (AvgIpc) is 2.40. The van der Waals surface area contributed by atoms with Gasteiger partial charge in [-0.1, -0.05) is 6.92 Å². The van der Waals surface area contributed by atoms with Gasteiger partial charge in [0, 0.05) is 26.2 Å². The van der Waals surface area contributed by atoms with Crippen molar-refractivity contribution in [2.75, 3.05) is 26.2 Å². The van der Waals surface area contributed by atoms with Crippen molar-refractivity contribution in [3.63, 3.8) is 0 Å². The molecule has 1 aliphatic heterocycles. The van der Waals surface area contributed by atoms with Gasteiger partial charge in [-0.15, -0.1) is 0 Å². The van der Waals surface area contributed by atoms with Gasteiger partial charge < -0.3 is 20.1 Å². The molecule has 1 atom stereocenters. The summed E-state index contributed by atoms with van der Waals surface area (Å²) in [5, 5.41) is 11.6. The lowest BCUT2D eigenvalue weighted by atomic mass is 10.1. The third-order valence-corrected chi connectivity index (χ3v) is 3.47. The van der Waals surface area contributed by atoms with E-state index < -0.39 is 11.9 Å². The number of piperidine rings is 1. The van der Waals surface area contributed by atoms with Crippen molar-refractivity contribution in [1.82, 2.24) is 10.2 Å². The van der Waals surface area contributed by atoms with Gasteiger partial charge in [-0.2, -0.15) is 0 Å². The number of carboxylic acid groups (broad SMARTS) is 1. The number of carbonyl (C=O) groups excluding carboxylic acids is 1. The molecular weight excluding hydrogens is 248 g/mol. The number of hydrogen-bond donors (Lipinski definition) is 2. The van der Waals surface area contributed by atoms with E-state index in [-0.39, 0.29) is 18.7 Å². The number of carbonyl (C=O) groups is 2. The minimum atomic E-state index is -0.863. The number of likely N-dealkylation sites (tertiary alicyclic amines) is 1. The van der Waals surface area contributed by atoms with Crippen LogP contribution in [-0.4, -0.2) is 54.4 Å². The van der Waals surface area contributed by atoms with Crippen LogP contribution in [0.4, 0.5) is 4.79 Å². The number of aliphatic carboxylic acids is 1. The van der Waals surface area contributed by atoms with Crippen molar-refractivity contribution in [3.8, 4) is 0 Å². The van der Waals surface area contributed by atoms with E-state index in [0.717, 1.165) is 12.8 Å². The molecule has 0 spiro atoms. The van der Waals surface area contributed by atoms with Crippen molar-refractivity contribution >= 4 is 12.0 Å². The first kappa shape index (κ1) is 15.8. The van der Waals surface area contributed by atoms with E-state index in [9.17, 15) is 9.59 Å². The van der Waals surface area contributed by atoms with Crippen LogP contribution in [0.25, 0.3) is 0 Å². The standard InChI is InChI=1S/C13H24N2O4/c1-3-10(12(16)17)9-14-13(18)15-7-5-11(6-8-15)19-4-2/h10-11H,3-9H2,1-2H3,(H,14,18)(H,16,17). The van der Waals surface area contributed by atoms with E-state index in [1.165, 1.54) is 0 Å². The second kappa shape index (κ2) is 7.99. The highest BCUT2D eigenvalue weighted by Crippen LogP contribution is 2.13. The lowest BCUT2D eigenvalue weighted by molar-refractivity contribution is -0.141. The van der Waals surface area contributed by atoms with Crippen molar-refractivity contribution in [3.05, 3.63) is 0 Å². The number of urea groups is 1. The van der Waals surface area contributed by atoms with Gasteiger partial charge in [0.1, 0.15) is 0 Å². The molecule has 0 aromatic rings. The van der Waals surface area contributed by atoms with Crippen LogP contribution < -0.4 is 5.32 Å². The van der Waals surface area contributed by atoms with E-state index >= 15 is 0 Å². The summed E-state index contributed by atoms with van der Waals surface area (Å²) in [5.74, 6) is -1.37.